The summed E-state index contributed by atoms with van der Waals surface area (Å²) < 4.78 is 4.31. The van der Waals surface area contributed by atoms with Crippen molar-refractivity contribution in [3.63, 3.8) is 0 Å². The molecule has 6 nitrogen and oxygen atoms in total. The van der Waals surface area contributed by atoms with Gasteiger partial charge in [-0.25, -0.2) is 4.63 Å². The third-order valence-electron chi connectivity index (χ3n) is 2.04. The molecule has 0 aromatic carbocycles. The first-order valence-electron chi connectivity index (χ1n) is 4.51. The molecule has 1 atom stereocenters. The second-order valence-corrected chi connectivity index (χ2v) is 3.22. The van der Waals surface area contributed by atoms with Gasteiger partial charge in [0, 0.05) is 6.54 Å². The van der Waals surface area contributed by atoms with Crippen LogP contribution in [0, 0.1) is 5.92 Å². The Morgan fingerprint density at radius 1 is 1.64 bits per heavy atom. The van der Waals surface area contributed by atoms with Crippen molar-refractivity contribution in [1.82, 2.24) is 15.6 Å². The number of anilines is 1. The number of nitrogens with two attached hydrogens (primary N) is 1. The Morgan fingerprint density at radius 2 is 2.36 bits per heavy atom. The predicted octanol–water partition coefficient (Wildman–Crippen LogP) is 0.428. The SMILES string of the molecule is CCC(C)CNC(=O)c1nonc1N. The quantitative estimate of drug-likeness (QED) is 0.731. The van der Waals surface area contributed by atoms with Crippen LogP contribution in [0.5, 0.6) is 0 Å². The molecule has 6 heteroatoms. The highest BCUT2D eigenvalue weighted by atomic mass is 16.6. The van der Waals surface area contributed by atoms with Crippen molar-refractivity contribution >= 4 is 11.7 Å². The van der Waals surface area contributed by atoms with Gasteiger partial charge in [0.15, 0.2) is 0 Å². The summed E-state index contributed by atoms with van der Waals surface area (Å²) in [5.41, 5.74) is 5.40. The van der Waals surface area contributed by atoms with E-state index in [1.807, 2.05) is 6.92 Å². The van der Waals surface area contributed by atoms with E-state index in [2.05, 4.69) is 27.2 Å². The highest BCUT2D eigenvalue weighted by Gasteiger charge is 2.15. The fourth-order valence-corrected chi connectivity index (χ4v) is 0.848. The second-order valence-electron chi connectivity index (χ2n) is 3.22. The molecular formula is C8H14N4O2. The molecular weight excluding hydrogens is 184 g/mol. The molecule has 0 saturated carbocycles. The standard InChI is InChI=1S/C8H14N4O2/c1-3-5(2)4-10-8(13)6-7(9)12-14-11-6/h5H,3-4H2,1-2H3,(H2,9,12)(H,10,13). The van der Waals surface area contributed by atoms with Crippen molar-refractivity contribution in [1.29, 1.82) is 0 Å². The molecule has 3 N–H and O–H groups in total. The van der Waals surface area contributed by atoms with Crippen LogP contribution in [0.4, 0.5) is 5.82 Å². The Bertz CT molecular complexity index is 310. The van der Waals surface area contributed by atoms with E-state index in [0.29, 0.717) is 12.5 Å². The van der Waals surface area contributed by atoms with Crippen LogP contribution in [0.3, 0.4) is 0 Å². The Hall–Kier alpha value is -1.59. The van der Waals surface area contributed by atoms with Gasteiger partial charge in [-0.2, -0.15) is 0 Å². The molecule has 0 aliphatic carbocycles. The highest BCUT2D eigenvalue weighted by molar-refractivity contribution is 5.95. The molecule has 1 aromatic heterocycles. The van der Waals surface area contributed by atoms with Gasteiger partial charge in [-0.05, 0) is 16.2 Å². The average molecular weight is 198 g/mol. The van der Waals surface area contributed by atoms with Crippen molar-refractivity contribution in [2.45, 2.75) is 20.3 Å². The lowest BCUT2D eigenvalue weighted by atomic mass is 10.1. The number of rotatable bonds is 4. The van der Waals surface area contributed by atoms with Crippen molar-refractivity contribution in [2.75, 3.05) is 12.3 Å². The summed E-state index contributed by atoms with van der Waals surface area (Å²) in [5.74, 6) is 0.107. The van der Waals surface area contributed by atoms with E-state index in [-0.39, 0.29) is 17.4 Å². The molecule has 14 heavy (non-hydrogen) atoms. The van der Waals surface area contributed by atoms with E-state index in [1.54, 1.807) is 0 Å². The van der Waals surface area contributed by atoms with Crippen molar-refractivity contribution < 1.29 is 9.42 Å². The zero-order chi connectivity index (χ0) is 10.6. The molecule has 1 aromatic rings. The van der Waals surface area contributed by atoms with Crippen LogP contribution in [0.1, 0.15) is 30.8 Å². The molecule has 1 unspecified atom stereocenters. The van der Waals surface area contributed by atoms with Crippen LogP contribution in [-0.2, 0) is 0 Å². The Kier molecular flexibility index (Phi) is 3.44. The zero-order valence-corrected chi connectivity index (χ0v) is 8.28. The fourth-order valence-electron chi connectivity index (χ4n) is 0.848. The summed E-state index contributed by atoms with van der Waals surface area (Å²) in [6.45, 7) is 4.70. The molecule has 0 spiro atoms. The van der Waals surface area contributed by atoms with E-state index in [4.69, 9.17) is 5.73 Å². The van der Waals surface area contributed by atoms with Gasteiger partial charge in [0.05, 0.1) is 0 Å². The lowest BCUT2D eigenvalue weighted by Crippen LogP contribution is -2.28. The monoisotopic (exact) mass is 198 g/mol. The van der Waals surface area contributed by atoms with E-state index in [0.717, 1.165) is 6.42 Å². The van der Waals surface area contributed by atoms with Crippen LogP contribution < -0.4 is 11.1 Å². The predicted molar refractivity (Wildman–Crippen MR) is 50.5 cm³/mol. The number of hydrogen-bond acceptors (Lipinski definition) is 5. The van der Waals surface area contributed by atoms with E-state index < -0.39 is 0 Å². The normalized spacial score (nSPS) is 12.4. The van der Waals surface area contributed by atoms with Gasteiger partial charge in [-0.1, -0.05) is 20.3 Å². The first-order valence-corrected chi connectivity index (χ1v) is 4.51. The maximum atomic E-state index is 11.4. The molecule has 0 aliphatic heterocycles. The maximum Gasteiger partial charge on any atom is 0.277 e. The smallest absolute Gasteiger partial charge is 0.277 e. The molecule has 1 rings (SSSR count). The third-order valence-corrected chi connectivity index (χ3v) is 2.04. The van der Waals surface area contributed by atoms with Gasteiger partial charge in [-0.15, -0.1) is 0 Å². The summed E-state index contributed by atoms with van der Waals surface area (Å²) in [6.07, 6.45) is 1.01. The summed E-state index contributed by atoms with van der Waals surface area (Å²) in [4.78, 5) is 11.4. The van der Waals surface area contributed by atoms with E-state index >= 15 is 0 Å². The lowest BCUT2D eigenvalue weighted by Gasteiger charge is -2.08. The molecule has 0 bridgehead atoms. The second kappa shape index (κ2) is 4.59. The van der Waals surface area contributed by atoms with Gasteiger partial charge in [-0.3, -0.25) is 4.79 Å². The van der Waals surface area contributed by atoms with Gasteiger partial charge in [0.1, 0.15) is 0 Å². The minimum atomic E-state index is -0.343. The number of carbonyl (C=O) groups is 1. The van der Waals surface area contributed by atoms with E-state index in [1.165, 1.54) is 0 Å². The van der Waals surface area contributed by atoms with E-state index in [9.17, 15) is 4.79 Å². The Balaban J connectivity index is 2.47. The van der Waals surface area contributed by atoms with Crippen LogP contribution in [0.15, 0.2) is 4.63 Å². The number of hydrogen-bond donors (Lipinski definition) is 2. The number of nitrogens with one attached hydrogen (secondary N) is 1. The lowest BCUT2D eigenvalue weighted by molar-refractivity contribution is 0.0938. The molecule has 78 valence electrons. The van der Waals surface area contributed by atoms with Crippen LogP contribution >= 0.6 is 0 Å². The number of nitrogen functional groups attached to an aromatic ring is 1. The summed E-state index contributed by atoms with van der Waals surface area (Å²) >= 11 is 0. The fraction of sp³-hybridized carbons (Fsp3) is 0.625. The van der Waals surface area contributed by atoms with Crippen molar-refractivity contribution in [3.8, 4) is 0 Å². The van der Waals surface area contributed by atoms with Crippen molar-refractivity contribution in [2.24, 2.45) is 5.92 Å². The molecule has 1 amide bonds. The Morgan fingerprint density at radius 3 is 2.86 bits per heavy atom. The van der Waals surface area contributed by atoms with Gasteiger partial charge in [0.2, 0.25) is 11.5 Å². The van der Waals surface area contributed by atoms with Crippen molar-refractivity contribution in [3.05, 3.63) is 5.69 Å². The van der Waals surface area contributed by atoms with Crippen LogP contribution in [-0.4, -0.2) is 22.8 Å². The molecule has 0 saturated heterocycles. The molecule has 1 heterocycles. The summed E-state index contributed by atoms with van der Waals surface area (Å²) in [7, 11) is 0. The number of carbonyl (C=O) groups excluding carboxylic acids is 1. The zero-order valence-electron chi connectivity index (χ0n) is 8.28. The average Bonchev–Trinajstić information content (AvgIpc) is 2.60. The topological polar surface area (TPSA) is 94.0 Å². The minimum Gasteiger partial charge on any atom is -0.379 e. The van der Waals surface area contributed by atoms with Crippen LogP contribution in [0.25, 0.3) is 0 Å². The number of aromatic nitrogens is 2. The minimum absolute atomic E-state index is 0.0200. The van der Waals surface area contributed by atoms with Crippen LogP contribution in [0.2, 0.25) is 0 Å². The highest BCUT2D eigenvalue weighted by Crippen LogP contribution is 2.04. The largest absolute Gasteiger partial charge is 0.379 e. The third kappa shape index (κ3) is 2.45. The molecule has 0 fully saturated rings. The van der Waals surface area contributed by atoms with Gasteiger partial charge < -0.3 is 11.1 Å². The summed E-state index contributed by atoms with van der Waals surface area (Å²) in [5, 5.41) is 9.41. The molecule has 0 aliphatic rings. The maximum absolute atomic E-state index is 11.4. The molecule has 0 radical (unpaired) electrons. The Labute approximate surface area is 81.8 Å². The summed E-state index contributed by atoms with van der Waals surface area (Å²) in [6, 6.07) is 0. The first kappa shape index (κ1) is 10.5. The number of amides is 1. The van der Waals surface area contributed by atoms with Gasteiger partial charge in [0.25, 0.3) is 5.91 Å². The number of nitrogens with zero attached hydrogens (tertiary/aromatic N) is 2. The van der Waals surface area contributed by atoms with Gasteiger partial charge >= 0.3 is 0 Å². The first-order chi connectivity index (χ1) is 6.65.